The first-order valence-electron chi connectivity index (χ1n) is 6.26. The van der Waals surface area contributed by atoms with Gasteiger partial charge >= 0.3 is 0 Å². The van der Waals surface area contributed by atoms with E-state index in [2.05, 4.69) is 11.5 Å². The largest absolute Gasteiger partial charge is 0.545 e. The quantitative estimate of drug-likeness (QED) is 0.630. The average Bonchev–Trinajstić information content (AvgIpc) is 2.48. The second kappa shape index (κ2) is 11.8. The smallest absolute Gasteiger partial charge is 0.127 e. The maximum Gasteiger partial charge on any atom is 0.127 e. The van der Waals surface area contributed by atoms with Crippen molar-refractivity contribution < 1.29 is 31.3 Å². The molecule has 6 heteroatoms. The number of rotatable bonds is 2. The van der Waals surface area contributed by atoms with Crippen LogP contribution in [-0.4, -0.2) is 11.9 Å². The number of carboxylic acids is 2. The van der Waals surface area contributed by atoms with Crippen LogP contribution in [0, 0.1) is 0 Å². The van der Waals surface area contributed by atoms with E-state index >= 15 is 0 Å². The highest BCUT2D eigenvalue weighted by Gasteiger charge is 1.77. The SMILES string of the molecule is O=C([O-])/C=C\C(=O)[O-].[NH3+]c1ccccc1.[NH3+]c1ccccc1. The molecule has 0 heterocycles. The Morgan fingerprint density at radius 3 is 1.09 bits per heavy atom. The summed E-state index contributed by atoms with van der Waals surface area (Å²) < 4.78 is 0. The highest BCUT2D eigenvalue weighted by Crippen LogP contribution is 1.93. The highest BCUT2D eigenvalue weighted by atomic mass is 16.4. The van der Waals surface area contributed by atoms with Gasteiger partial charge in [0.05, 0.1) is 11.9 Å². The second-order valence-corrected chi connectivity index (χ2v) is 3.94. The summed E-state index contributed by atoms with van der Waals surface area (Å²) in [5.74, 6) is -3.09. The van der Waals surface area contributed by atoms with Crippen LogP contribution in [0.1, 0.15) is 0 Å². The van der Waals surface area contributed by atoms with Gasteiger partial charge in [-0.1, -0.05) is 36.4 Å². The lowest BCUT2D eigenvalue weighted by atomic mass is 10.3. The van der Waals surface area contributed by atoms with E-state index in [1.165, 1.54) is 0 Å². The summed E-state index contributed by atoms with van der Waals surface area (Å²) in [6.45, 7) is 0. The zero-order valence-corrected chi connectivity index (χ0v) is 12.0. The molecule has 0 aliphatic rings. The van der Waals surface area contributed by atoms with Crippen LogP contribution >= 0.6 is 0 Å². The Balaban J connectivity index is 0.000000301. The topological polar surface area (TPSA) is 136 Å². The molecule has 0 unspecified atom stereocenters. The Morgan fingerprint density at radius 1 is 0.682 bits per heavy atom. The molecule has 0 fully saturated rings. The first kappa shape index (κ1) is 19.0. The van der Waals surface area contributed by atoms with Crippen molar-refractivity contribution in [3.05, 3.63) is 72.8 Å². The van der Waals surface area contributed by atoms with E-state index in [1.54, 1.807) is 0 Å². The number of benzene rings is 2. The van der Waals surface area contributed by atoms with Crippen LogP contribution in [-0.2, 0) is 9.59 Å². The number of quaternary nitrogens is 2. The van der Waals surface area contributed by atoms with Crippen LogP contribution in [0.15, 0.2) is 72.8 Å². The molecule has 0 saturated carbocycles. The number of carbonyl (C=O) groups is 2. The Bertz CT molecular complexity index is 530. The lowest BCUT2D eigenvalue weighted by Gasteiger charge is -1.90. The molecule has 116 valence electrons. The van der Waals surface area contributed by atoms with Gasteiger partial charge in [-0.05, 0) is 36.4 Å². The molecule has 0 saturated heterocycles. The zero-order valence-electron chi connectivity index (χ0n) is 12.0. The second-order valence-electron chi connectivity index (χ2n) is 3.94. The van der Waals surface area contributed by atoms with Crippen molar-refractivity contribution in [3.63, 3.8) is 0 Å². The predicted molar refractivity (Wildman–Crippen MR) is 77.1 cm³/mol. The van der Waals surface area contributed by atoms with E-state index in [4.69, 9.17) is 0 Å². The van der Waals surface area contributed by atoms with Gasteiger partial charge in [0.25, 0.3) is 0 Å². The fourth-order valence-corrected chi connectivity index (χ4v) is 1.09. The zero-order chi connectivity index (χ0) is 16.8. The Kier molecular flexibility index (Phi) is 10.2. The summed E-state index contributed by atoms with van der Waals surface area (Å²) in [4.78, 5) is 18.8. The summed E-state index contributed by atoms with van der Waals surface area (Å²) in [5.41, 5.74) is 9.58. The van der Waals surface area contributed by atoms with E-state index in [0.717, 1.165) is 11.4 Å². The van der Waals surface area contributed by atoms with Crippen molar-refractivity contribution in [1.29, 1.82) is 0 Å². The van der Waals surface area contributed by atoms with Gasteiger partial charge in [-0.25, -0.2) is 0 Å². The van der Waals surface area contributed by atoms with Crippen LogP contribution < -0.4 is 21.7 Å². The van der Waals surface area contributed by atoms with Gasteiger partial charge < -0.3 is 31.3 Å². The summed E-state index contributed by atoms with van der Waals surface area (Å²) in [6.07, 6.45) is 0.769. The molecule has 0 amide bonds. The third-order valence-electron chi connectivity index (χ3n) is 2.04. The molecule has 6 N–H and O–H groups in total. The summed E-state index contributed by atoms with van der Waals surface area (Å²) in [5, 5.41) is 18.8. The number of hydrogen-bond acceptors (Lipinski definition) is 4. The first-order valence-corrected chi connectivity index (χ1v) is 6.26. The number of carboxylic acid groups (broad SMARTS) is 2. The Labute approximate surface area is 128 Å². The number of carbonyl (C=O) groups excluding carboxylic acids is 2. The molecular weight excluding hydrogens is 284 g/mol. The Hall–Kier alpha value is -2.96. The van der Waals surface area contributed by atoms with Crippen LogP contribution in [0.4, 0.5) is 11.4 Å². The van der Waals surface area contributed by atoms with Crippen molar-refractivity contribution in [1.82, 2.24) is 0 Å². The maximum atomic E-state index is 9.41. The standard InChI is InChI=1S/2C6H7N.C4H4O4/c2*7-6-4-2-1-3-5-6;5-3(6)1-2-4(7)8/h2*1-5H,7H2;1-2H,(H,5,6)(H,7,8)/b;;2-1-. The van der Waals surface area contributed by atoms with Crippen LogP contribution in [0.3, 0.4) is 0 Å². The number of hydrogen-bond donors (Lipinski definition) is 2. The molecular formula is C16H18N2O4. The summed E-state index contributed by atoms with van der Waals surface area (Å²) in [7, 11) is 0. The number of aliphatic carboxylic acids is 2. The molecule has 2 rings (SSSR count). The lowest BCUT2D eigenvalue weighted by molar-refractivity contribution is -0.301. The van der Waals surface area contributed by atoms with E-state index in [-0.39, 0.29) is 0 Å². The van der Waals surface area contributed by atoms with Crippen LogP contribution in [0.25, 0.3) is 0 Å². The third-order valence-corrected chi connectivity index (χ3v) is 2.04. The van der Waals surface area contributed by atoms with Gasteiger partial charge in [0.2, 0.25) is 0 Å². The lowest BCUT2D eigenvalue weighted by Crippen LogP contribution is -2.39. The van der Waals surface area contributed by atoms with Gasteiger partial charge in [-0.15, -0.1) is 0 Å². The fourth-order valence-electron chi connectivity index (χ4n) is 1.09. The minimum absolute atomic E-state index is 0.384. The first-order chi connectivity index (χ1) is 10.4. The van der Waals surface area contributed by atoms with Crippen molar-refractivity contribution in [3.8, 4) is 0 Å². The highest BCUT2D eigenvalue weighted by molar-refractivity contribution is 5.87. The molecule has 2 aromatic carbocycles. The van der Waals surface area contributed by atoms with E-state index in [0.29, 0.717) is 12.2 Å². The van der Waals surface area contributed by atoms with E-state index in [9.17, 15) is 19.8 Å². The summed E-state index contributed by atoms with van der Waals surface area (Å²) >= 11 is 0. The molecule has 0 atom stereocenters. The third kappa shape index (κ3) is 13.5. The maximum absolute atomic E-state index is 9.41. The molecule has 0 bridgehead atoms. The van der Waals surface area contributed by atoms with Gasteiger partial charge in [0.1, 0.15) is 11.4 Å². The van der Waals surface area contributed by atoms with Crippen LogP contribution in [0.5, 0.6) is 0 Å². The molecule has 0 aliphatic heterocycles. The molecule has 0 radical (unpaired) electrons. The molecule has 0 aliphatic carbocycles. The van der Waals surface area contributed by atoms with Crippen molar-refractivity contribution >= 4 is 23.3 Å². The fraction of sp³-hybridized carbons (Fsp3) is 0. The van der Waals surface area contributed by atoms with Crippen LogP contribution in [0.2, 0.25) is 0 Å². The molecule has 6 nitrogen and oxygen atoms in total. The predicted octanol–water partition coefficient (Wildman–Crippen LogP) is -1.84. The van der Waals surface area contributed by atoms with Crippen molar-refractivity contribution in [2.45, 2.75) is 0 Å². The van der Waals surface area contributed by atoms with Gasteiger partial charge in [0.15, 0.2) is 0 Å². The van der Waals surface area contributed by atoms with E-state index < -0.39 is 11.9 Å². The summed E-state index contributed by atoms with van der Waals surface area (Å²) in [6, 6.07) is 19.7. The van der Waals surface area contributed by atoms with Crippen molar-refractivity contribution in [2.24, 2.45) is 0 Å². The van der Waals surface area contributed by atoms with E-state index in [1.807, 2.05) is 60.7 Å². The van der Waals surface area contributed by atoms with Crippen molar-refractivity contribution in [2.75, 3.05) is 0 Å². The molecule has 0 aromatic heterocycles. The van der Waals surface area contributed by atoms with Gasteiger partial charge in [0, 0.05) is 0 Å². The minimum atomic E-state index is -1.55. The molecule has 0 spiro atoms. The van der Waals surface area contributed by atoms with Gasteiger partial charge in [-0.2, -0.15) is 0 Å². The minimum Gasteiger partial charge on any atom is -0.545 e. The monoisotopic (exact) mass is 302 g/mol. The normalized spacial score (nSPS) is 9.00. The average molecular weight is 302 g/mol. The Morgan fingerprint density at radius 2 is 0.955 bits per heavy atom. The molecule has 2 aromatic rings. The molecule has 22 heavy (non-hydrogen) atoms. The van der Waals surface area contributed by atoms with Gasteiger partial charge in [-0.3, -0.25) is 0 Å².